The number of methoxy groups -OCH3 is 1. The Morgan fingerprint density at radius 2 is 1.59 bits per heavy atom. The van der Waals surface area contributed by atoms with Crippen LogP contribution >= 0.6 is 0 Å². The number of ether oxygens (including phenoxy) is 1. The van der Waals surface area contributed by atoms with Gasteiger partial charge < -0.3 is 29.9 Å². The summed E-state index contributed by atoms with van der Waals surface area (Å²) in [5.74, 6) is -0.949. The van der Waals surface area contributed by atoms with Crippen molar-refractivity contribution in [3.63, 3.8) is 0 Å². The van der Waals surface area contributed by atoms with E-state index in [0.717, 1.165) is 80.3 Å². The van der Waals surface area contributed by atoms with Crippen LogP contribution in [0, 0.1) is 5.92 Å². The number of nitrogens with one attached hydrogen (secondary N) is 1. The lowest BCUT2D eigenvalue weighted by atomic mass is 9.94. The fraction of sp³-hybridized carbons (Fsp3) is 0.375. The van der Waals surface area contributed by atoms with Crippen LogP contribution in [0.4, 0.5) is 30.5 Å². The summed E-state index contributed by atoms with van der Waals surface area (Å²) in [6.07, 6.45) is -1.45. The largest absolute Gasteiger partial charge is 0.496 e. The minimum atomic E-state index is -5.08. The fourth-order valence-corrected chi connectivity index (χ4v) is 5.57. The zero-order valence-corrected chi connectivity index (χ0v) is 25.6. The van der Waals surface area contributed by atoms with Gasteiger partial charge in [0.25, 0.3) is 0 Å². The minimum Gasteiger partial charge on any atom is -0.496 e. The number of piperazine rings is 1. The summed E-state index contributed by atoms with van der Waals surface area (Å²) >= 11 is 0. The van der Waals surface area contributed by atoms with Gasteiger partial charge in [0.15, 0.2) is 0 Å². The molecule has 4 heterocycles. The second-order valence-corrected chi connectivity index (χ2v) is 11.2. The maximum Gasteiger partial charge on any atom is 0.490 e. The molecule has 46 heavy (non-hydrogen) atoms. The zero-order chi connectivity index (χ0) is 32.8. The Morgan fingerprint density at radius 1 is 0.935 bits per heavy atom. The van der Waals surface area contributed by atoms with E-state index in [0.29, 0.717) is 11.9 Å². The Bertz CT molecular complexity index is 1650. The Kier molecular flexibility index (Phi) is 9.95. The number of nitrogens with zero attached hydrogens (tertiary/aromatic N) is 6. The summed E-state index contributed by atoms with van der Waals surface area (Å²) in [4.78, 5) is 33.1. The number of para-hydroxylation sites is 1. The highest BCUT2D eigenvalue weighted by Crippen LogP contribution is 2.31. The van der Waals surface area contributed by atoms with Crippen LogP contribution in [-0.4, -0.2) is 101 Å². The predicted molar refractivity (Wildman–Crippen MR) is 167 cm³/mol. The van der Waals surface area contributed by atoms with E-state index in [2.05, 4.69) is 56.3 Å². The summed E-state index contributed by atoms with van der Waals surface area (Å²) in [5.41, 5.74) is 4.92. The van der Waals surface area contributed by atoms with Gasteiger partial charge in [0.05, 0.1) is 24.5 Å². The number of carbonyl (C=O) groups excluding carboxylic acids is 1. The fourth-order valence-electron chi connectivity index (χ4n) is 5.57. The van der Waals surface area contributed by atoms with Gasteiger partial charge in [0, 0.05) is 62.1 Å². The van der Waals surface area contributed by atoms with Crippen molar-refractivity contribution in [1.82, 2.24) is 24.4 Å². The summed E-state index contributed by atoms with van der Waals surface area (Å²) in [6.45, 7) is 5.45. The maximum absolute atomic E-state index is 13.0. The van der Waals surface area contributed by atoms with E-state index in [-0.39, 0.29) is 5.92 Å². The van der Waals surface area contributed by atoms with Gasteiger partial charge in [0.1, 0.15) is 5.75 Å². The van der Waals surface area contributed by atoms with Crippen molar-refractivity contribution in [2.24, 2.45) is 5.92 Å². The van der Waals surface area contributed by atoms with Crippen LogP contribution in [0.3, 0.4) is 0 Å². The number of amides is 1. The number of hydrogen-bond donors (Lipinski definition) is 2. The van der Waals surface area contributed by atoms with E-state index in [9.17, 15) is 18.0 Å². The van der Waals surface area contributed by atoms with Crippen LogP contribution in [0.1, 0.15) is 12.8 Å². The van der Waals surface area contributed by atoms with Crippen LogP contribution in [0.15, 0.2) is 66.9 Å². The van der Waals surface area contributed by atoms with E-state index < -0.39 is 12.1 Å². The molecule has 0 atom stereocenters. The maximum atomic E-state index is 13.0. The van der Waals surface area contributed by atoms with Gasteiger partial charge in [-0.1, -0.05) is 12.1 Å². The Hall–Kier alpha value is -4.85. The Balaban J connectivity index is 0.000000537. The summed E-state index contributed by atoms with van der Waals surface area (Å²) in [6, 6.07) is 20.3. The summed E-state index contributed by atoms with van der Waals surface area (Å²) in [5, 5.41) is 15.2. The van der Waals surface area contributed by atoms with E-state index in [1.54, 1.807) is 7.11 Å². The van der Waals surface area contributed by atoms with Crippen molar-refractivity contribution < 1.29 is 32.6 Å². The highest BCUT2D eigenvalue weighted by molar-refractivity contribution is 5.79. The highest BCUT2D eigenvalue weighted by Gasteiger charge is 2.38. The lowest BCUT2D eigenvalue weighted by Gasteiger charge is -2.38. The number of benzene rings is 2. The lowest BCUT2D eigenvalue weighted by Crippen LogP contribution is -2.50. The number of rotatable bonds is 6. The van der Waals surface area contributed by atoms with Crippen LogP contribution in [0.5, 0.6) is 5.75 Å². The van der Waals surface area contributed by atoms with Crippen LogP contribution in [0.2, 0.25) is 0 Å². The van der Waals surface area contributed by atoms with E-state index in [1.807, 2.05) is 47.1 Å². The van der Waals surface area contributed by atoms with Gasteiger partial charge in [-0.05, 0) is 68.4 Å². The van der Waals surface area contributed by atoms with Crippen molar-refractivity contribution in [3.8, 4) is 17.0 Å². The minimum absolute atomic E-state index is 0.145. The molecule has 0 spiro atoms. The van der Waals surface area contributed by atoms with Crippen molar-refractivity contribution >= 4 is 34.7 Å². The predicted octanol–water partition coefficient (Wildman–Crippen LogP) is 4.77. The van der Waals surface area contributed by atoms with Crippen LogP contribution in [-0.2, 0) is 9.59 Å². The molecule has 6 rings (SSSR count). The van der Waals surface area contributed by atoms with E-state index in [4.69, 9.17) is 19.7 Å². The molecular formula is C32H36F3N7O4. The zero-order valence-electron chi connectivity index (χ0n) is 25.6. The monoisotopic (exact) mass is 639 g/mol. The summed E-state index contributed by atoms with van der Waals surface area (Å²) in [7, 11) is 3.80. The first-order chi connectivity index (χ1) is 22.0. The third-order valence-electron chi connectivity index (χ3n) is 8.17. The van der Waals surface area contributed by atoms with Crippen LogP contribution in [0.25, 0.3) is 16.8 Å². The molecule has 2 aliphatic heterocycles. The van der Waals surface area contributed by atoms with Crippen molar-refractivity contribution in [3.05, 3.63) is 66.9 Å². The number of halogens is 3. The smallest absolute Gasteiger partial charge is 0.490 e. The number of piperidine rings is 1. The Labute approximate surface area is 264 Å². The van der Waals surface area contributed by atoms with Crippen molar-refractivity contribution in [2.45, 2.75) is 19.0 Å². The number of carboxylic acids is 1. The number of aliphatic carboxylic acids is 1. The molecule has 2 aromatic carbocycles. The Morgan fingerprint density at radius 3 is 2.22 bits per heavy atom. The van der Waals surface area contributed by atoms with Gasteiger partial charge >= 0.3 is 12.1 Å². The molecule has 1 amide bonds. The number of likely N-dealkylation sites (N-methyl/N-ethyl adjacent to an activating group) is 1. The van der Waals surface area contributed by atoms with Gasteiger partial charge in [-0.15, -0.1) is 5.10 Å². The summed E-state index contributed by atoms with van der Waals surface area (Å²) < 4.78 is 39.2. The molecular weight excluding hydrogens is 603 g/mol. The molecule has 0 aliphatic carbocycles. The number of fused-ring (bicyclic) bond motifs is 1. The molecule has 2 aromatic heterocycles. The van der Waals surface area contributed by atoms with E-state index in [1.165, 1.54) is 5.69 Å². The van der Waals surface area contributed by atoms with Crippen molar-refractivity contribution in [1.29, 1.82) is 0 Å². The molecule has 0 saturated carbocycles. The molecule has 2 fully saturated rings. The van der Waals surface area contributed by atoms with Gasteiger partial charge in [0.2, 0.25) is 11.9 Å². The van der Waals surface area contributed by atoms with Crippen LogP contribution < -0.4 is 15.0 Å². The first-order valence-corrected chi connectivity index (χ1v) is 14.9. The average Bonchev–Trinajstić information content (AvgIpc) is 3.48. The first-order valence-electron chi connectivity index (χ1n) is 14.9. The number of hydrogen-bond acceptors (Lipinski definition) is 8. The molecule has 11 nitrogen and oxygen atoms in total. The molecule has 2 aliphatic rings. The highest BCUT2D eigenvalue weighted by atomic mass is 19.4. The third-order valence-corrected chi connectivity index (χ3v) is 8.17. The SMILES string of the molecule is COc1ccccc1-c1ccc2cnc(Nc3ccc(N4CCC(C(=O)N5CCN(C)CC5)CC4)cc3)nn12.O=C(O)C(F)(F)F. The number of aromatic nitrogens is 3. The number of carboxylic acid groups (broad SMARTS) is 1. The normalized spacial score (nSPS) is 16.1. The second-order valence-electron chi connectivity index (χ2n) is 11.2. The van der Waals surface area contributed by atoms with Crippen molar-refractivity contribution in [2.75, 3.05) is 63.6 Å². The van der Waals surface area contributed by atoms with E-state index >= 15 is 0 Å². The average molecular weight is 640 g/mol. The molecule has 2 saturated heterocycles. The third kappa shape index (κ3) is 7.68. The number of carbonyl (C=O) groups is 2. The molecule has 0 radical (unpaired) electrons. The molecule has 0 bridgehead atoms. The van der Waals surface area contributed by atoms with Gasteiger partial charge in [-0.2, -0.15) is 13.2 Å². The van der Waals surface area contributed by atoms with Gasteiger partial charge in [-0.25, -0.2) is 14.3 Å². The first kappa shape index (κ1) is 32.5. The molecule has 4 aromatic rings. The molecule has 2 N–H and O–H groups in total. The topological polar surface area (TPSA) is 116 Å². The molecule has 14 heteroatoms. The number of alkyl halides is 3. The lowest BCUT2D eigenvalue weighted by molar-refractivity contribution is -0.192. The van der Waals surface area contributed by atoms with Gasteiger partial charge in [-0.3, -0.25) is 4.79 Å². The number of anilines is 3. The molecule has 244 valence electrons. The second kappa shape index (κ2) is 14.1. The standard InChI is InChI=1S/C30H35N7O2.C2HF3O2/c1-34-17-19-36(20-18-34)29(38)22-13-15-35(16-14-22)24-9-7-23(8-10-24)32-30-31-21-25-11-12-27(37(25)33-30)26-5-3-4-6-28(26)39-2;3-2(4,5)1(6)7/h3-12,21-22H,13-20H2,1-2H3,(H,32,33);(H,6,7). The quantitative estimate of drug-likeness (QED) is 0.308. The molecule has 0 unspecified atom stereocenters.